The van der Waals surface area contributed by atoms with Crippen LogP contribution in [0.4, 0.5) is 18.9 Å². The van der Waals surface area contributed by atoms with E-state index in [4.69, 9.17) is 0 Å². The van der Waals surface area contributed by atoms with Gasteiger partial charge in [0.15, 0.2) is 9.84 Å². The summed E-state index contributed by atoms with van der Waals surface area (Å²) >= 11 is 0. The maximum Gasteiger partial charge on any atom is 0.416 e. The molecule has 2 aromatic carbocycles. The second-order valence-corrected chi connectivity index (χ2v) is 8.13. The van der Waals surface area contributed by atoms with Gasteiger partial charge in [-0.3, -0.25) is 4.79 Å². The van der Waals surface area contributed by atoms with Crippen molar-refractivity contribution in [3.8, 4) is 0 Å². The number of nitrogens with zero attached hydrogens (tertiary/aromatic N) is 1. The van der Waals surface area contributed by atoms with Gasteiger partial charge in [0, 0.05) is 23.5 Å². The molecule has 0 atom stereocenters. The number of sulfone groups is 1. The minimum Gasteiger partial charge on any atom is -0.306 e. The normalized spacial score (nSPS) is 12.3. The van der Waals surface area contributed by atoms with Crippen LogP contribution in [0.1, 0.15) is 29.8 Å². The lowest BCUT2D eigenvalue weighted by atomic mass is 10.1. The highest BCUT2D eigenvalue weighted by atomic mass is 32.2. The van der Waals surface area contributed by atoms with Gasteiger partial charge in [0.05, 0.1) is 10.5 Å². The molecule has 26 heavy (non-hydrogen) atoms. The summed E-state index contributed by atoms with van der Waals surface area (Å²) in [5.41, 5.74) is -0.602. The number of amides is 1. The van der Waals surface area contributed by atoms with Crippen molar-refractivity contribution in [2.75, 3.05) is 11.2 Å². The lowest BCUT2D eigenvalue weighted by Gasteiger charge is -2.27. The minimum absolute atomic E-state index is 0.0940. The molecule has 0 saturated carbocycles. The number of carbonyl (C=O) groups excluding carboxylic acids is 1. The van der Waals surface area contributed by atoms with Gasteiger partial charge in [-0.2, -0.15) is 13.2 Å². The van der Waals surface area contributed by atoms with E-state index in [0.29, 0.717) is 5.69 Å². The summed E-state index contributed by atoms with van der Waals surface area (Å²) < 4.78 is 61.8. The average Bonchev–Trinajstić information content (AvgIpc) is 2.53. The zero-order chi connectivity index (χ0) is 19.7. The first-order valence-corrected chi connectivity index (χ1v) is 9.61. The summed E-state index contributed by atoms with van der Waals surface area (Å²) in [6, 6.07) is 9.50. The third-order valence-electron chi connectivity index (χ3n) is 3.72. The van der Waals surface area contributed by atoms with Crippen molar-refractivity contribution in [1.82, 2.24) is 0 Å². The van der Waals surface area contributed by atoms with Crippen molar-refractivity contribution in [3.63, 3.8) is 0 Å². The molecule has 0 radical (unpaired) electrons. The van der Waals surface area contributed by atoms with Crippen molar-refractivity contribution in [3.05, 3.63) is 59.7 Å². The monoisotopic (exact) mass is 385 g/mol. The van der Waals surface area contributed by atoms with Crippen molar-refractivity contribution in [1.29, 1.82) is 0 Å². The summed E-state index contributed by atoms with van der Waals surface area (Å²) in [6.45, 7) is 3.44. The first-order valence-electron chi connectivity index (χ1n) is 7.72. The predicted octanol–water partition coefficient (Wildman–Crippen LogP) is 4.16. The molecule has 0 heterocycles. The van der Waals surface area contributed by atoms with Crippen LogP contribution in [0.5, 0.6) is 0 Å². The molecule has 140 valence electrons. The van der Waals surface area contributed by atoms with E-state index in [0.717, 1.165) is 18.4 Å². The topological polar surface area (TPSA) is 54.5 Å². The molecule has 2 aromatic rings. The largest absolute Gasteiger partial charge is 0.416 e. The molecular formula is C18H18F3NO3S. The van der Waals surface area contributed by atoms with Crippen LogP contribution in [0.2, 0.25) is 0 Å². The molecule has 8 heteroatoms. The van der Waals surface area contributed by atoms with E-state index in [1.165, 1.54) is 41.3 Å². The number of halogens is 3. The maximum atomic E-state index is 12.9. The fourth-order valence-corrected chi connectivity index (χ4v) is 3.10. The Morgan fingerprint density at radius 3 is 2.08 bits per heavy atom. The van der Waals surface area contributed by atoms with Crippen molar-refractivity contribution in [2.24, 2.45) is 0 Å². The number of hydrogen-bond acceptors (Lipinski definition) is 3. The van der Waals surface area contributed by atoms with Crippen molar-refractivity contribution in [2.45, 2.75) is 31.0 Å². The van der Waals surface area contributed by atoms with Gasteiger partial charge in [-0.05, 0) is 56.3 Å². The third kappa shape index (κ3) is 4.43. The Kier molecular flexibility index (Phi) is 5.46. The Balaban J connectivity index is 2.43. The van der Waals surface area contributed by atoms with Crippen molar-refractivity contribution >= 4 is 21.4 Å². The summed E-state index contributed by atoms with van der Waals surface area (Å²) in [5.74, 6) is -0.599. The highest BCUT2D eigenvalue weighted by molar-refractivity contribution is 7.90. The van der Waals surface area contributed by atoms with E-state index >= 15 is 0 Å². The van der Waals surface area contributed by atoms with Gasteiger partial charge < -0.3 is 4.90 Å². The van der Waals surface area contributed by atoms with Gasteiger partial charge in [-0.1, -0.05) is 6.07 Å². The first-order chi connectivity index (χ1) is 11.9. The van der Waals surface area contributed by atoms with Crippen LogP contribution in [0.25, 0.3) is 0 Å². The van der Waals surface area contributed by atoms with Crippen LogP contribution in [-0.2, 0) is 16.0 Å². The second-order valence-electron chi connectivity index (χ2n) is 6.11. The molecule has 0 aliphatic heterocycles. The van der Waals surface area contributed by atoms with E-state index in [9.17, 15) is 26.4 Å². The fraction of sp³-hybridized carbons (Fsp3) is 0.278. The first kappa shape index (κ1) is 20.0. The standard InChI is InChI=1S/C18H18F3NO3S/c1-12(2)22(15-7-9-16(10-8-15)26(3,24)25)17(23)13-5-4-6-14(11-13)18(19,20)21/h4-12H,1-3H3. The van der Waals surface area contributed by atoms with Crippen LogP contribution < -0.4 is 4.90 Å². The molecule has 0 aliphatic carbocycles. The molecule has 4 nitrogen and oxygen atoms in total. The van der Waals surface area contributed by atoms with Crippen LogP contribution >= 0.6 is 0 Å². The van der Waals surface area contributed by atoms with Crippen LogP contribution in [0.15, 0.2) is 53.4 Å². The second kappa shape index (κ2) is 7.11. The Hall–Kier alpha value is -2.35. The van der Waals surface area contributed by atoms with Gasteiger partial charge in [0.1, 0.15) is 0 Å². The fourth-order valence-electron chi connectivity index (χ4n) is 2.47. The van der Waals surface area contributed by atoms with Gasteiger partial charge in [-0.25, -0.2) is 8.42 Å². The Labute approximate surface area is 150 Å². The molecule has 0 N–H and O–H groups in total. The van der Waals surface area contributed by atoms with Crippen LogP contribution in [-0.4, -0.2) is 26.6 Å². The van der Waals surface area contributed by atoms with Gasteiger partial charge >= 0.3 is 6.18 Å². The van der Waals surface area contributed by atoms with E-state index < -0.39 is 27.5 Å². The summed E-state index contributed by atoms with van der Waals surface area (Å²) in [7, 11) is -3.39. The Morgan fingerprint density at radius 1 is 1.04 bits per heavy atom. The molecule has 0 fully saturated rings. The molecule has 0 spiro atoms. The molecule has 0 bridgehead atoms. The molecule has 1 amide bonds. The third-order valence-corrected chi connectivity index (χ3v) is 4.84. The maximum absolute atomic E-state index is 12.9. The average molecular weight is 385 g/mol. The number of carbonyl (C=O) groups is 1. The van der Waals surface area contributed by atoms with Crippen LogP contribution in [0, 0.1) is 0 Å². The predicted molar refractivity (Wildman–Crippen MR) is 92.9 cm³/mol. The number of benzene rings is 2. The zero-order valence-corrected chi connectivity index (χ0v) is 15.2. The van der Waals surface area contributed by atoms with E-state index in [-0.39, 0.29) is 16.5 Å². The van der Waals surface area contributed by atoms with E-state index in [1.54, 1.807) is 13.8 Å². The number of anilines is 1. The summed E-state index contributed by atoms with van der Waals surface area (Å²) in [4.78, 5) is 14.2. The number of rotatable bonds is 4. The highest BCUT2D eigenvalue weighted by Crippen LogP contribution is 2.30. The Morgan fingerprint density at radius 2 is 1.62 bits per heavy atom. The molecule has 0 saturated heterocycles. The Bertz CT molecular complexity index is 904. The molecule has 0 unspecified atom stereocenters. The quantitative estimate of drug-likeness (QED) is 0.794. The minimum atomic E-state index is -4.55. The van der Waals surface area contributed by atoms with Crippen LogP contribution in [0.3, 0.4) is 0 Å². The lowest BCUT2D eigenvalue weighted by Crippen LogP contribution is -2.37. The molecule has 2 rings (SSSR count). The smallest absolute Gasteiger partial charge is 0.306 e. The molecular weight excluding hydrogens is 367 g/mol. The van der Waals surface area contributed by atoms with Gasteiger partial charge in [0.25, 0.3) is 5.91 Å². The van der Waals surface area contributed by atoms with Gasteiger partial charge in [0.2, 0.25) is 0 Å². The number of hydrogen-bond donors (Lipinski definition) is 0. The van der Waals surface area contributed by atoms with Gasteiger partial charge in [-0.15, -0.1) is 0 Å². The summed E-state index contributed by atoms with van der Waals surface area (Å²) in [5, 5.41) is 0. The summed E-state index contributed by atoms with van der Waals surface area (Å²) in [6.07, 6.45) is -3.48. The lowest BCUT2D eigenvalue weighted by molar-refractivity contribution is -0.137. The van der Waals surface area contributed by atoms with Crippen molar-refractivity contribution < 1.29 is 26.4 Å². The molecule has 0 aliphatic rings. The number of alkyl halides is 3. The SMILES string of the molecule is CC(C)N(C(=O)c1cccc(C(F)(F)F)c1)c1ccc(S(C)(=O)=O)cc1. The highest BCUT2D eigenvalue weighted by Gasteiger charge is 2.31. The van der Waals surface area contributed by atoms with E-state index in [2.05, 4.69) is 0 Å². The molecule has 0 aromatic heterocycles. The zero-order valence-electron chi connectivity index (χ0n) is 14.4. The van der Waals surface area contributed by atoms with E-state index in [1.807, 2.05) is 0 Å².